The molecule has 0 fully saturated rings. The van der Waals surface area contributed by atoms with Gasteiger partial charge in [0.05, 0.1) is 0 Å². The summed E-state index contributed by atoms with van der Waals surface area (Å²) in [4.78, 5) is 14.7. The lowest BCUT2D eigenvalue weighted by Gasteiger charge is -2.37. The second-order valence-corrected chi connectivity index (χ2v) is 8.90. The van der Waals surface area contributed by atoms with Gasteiger partial charge in [-0.1, -0.05) is 66.2 Å². The Hall–Kier alpha value is -0.530. The number of amides is 1. The maximum absolute atomic E-state index is 12.6. The van der Waals surface area contributed by atoms with Crippen LogP contribution in [0.2, 0.25) is 0 Å². The molecule has 132 valence electrons. The van der Waals surface area contributed by atoms with E-state index in [2.05, 4.69) is 53.4 Å². The standard InChI is InChI=1S/C20H41NO/c1-8-9-10-11-12-13-14-15-18(22)21(20(5,6)7)17-16-19(2,3)4/h8-17H2,1-7H3. The highest BCUT2D eigenvalue weighted by molar-refractivity contribution is 5.76. The summed E-state index contributed by atoms with van der Waals surface area (Å²) in [6.07, 6.45) is 10.6. The predicted molar refractivity (Wildman–Crippen MR) is 98.1 cm³/mol. The van der Waals surface area contributed by atoms with Crippen LogP contribution in [0.5, 0.6) is 0 Å². The van der Waals surface area contributed by atoms with Gasteiger partial charge in [0.25, 0.3) is 0 Å². The van der Waals surface area contributed by atoms with Gasteiger partial charge in [0, 0.05) is 18.5 Å². The zero-order valence-corrected chi connectivity index (χ0v) is 16.4. The molecule has 2 heteroatoms. The Balaban J connectivity index is 4.13. The first-order valence-electron chi connectivity index (χ1n) is 9.38. The highest BCUT2D eigenvalue weighted by atomic mass is 16.2. The van der Waals surface area contributed by atoms with Crippen molar-refractivity contribution in [1.82, 2.24) is 4.90 Å². The van der Waals surface area contributed by atoms with Crippen molar-refractivity contribution in [1.29, 1.82) is 0 Å². The van der Waals surface area contributed by atoms with Gasteiger partial charge in [-0.15, -0.1) is 0 Å². The lowest BCUT2D eigenvalue weighted by Crippen LogP contribution is -2.46. The molecule has 0 unspecified atom stereocenters. The van der Waals surface area contributed by atoms with Crippen LogP contribution in [0.4, 0.5) is 0 Å². The van der Waals surface area contributed by atoms with E-state index in [1.165, 1.54) is 38.5 Å². The molecule has 0 heterocycles. The monoisotopic (exact) mass is 311 g/mol. The fraction of sp³-hybridized carbons (Fsp3) is 0.950. The number of unbranched alkanes of at least 4 members (excludes halogenated alkanes) is 6. The quantitative estimate of drug-likeness (QED) is 0.440. The van der Waals surface area contributed by atoms with Gasteiger partial charge in [0.2, 0.25) is 5.91 Å². The minimum atomic E-state index is -0.0660. The van der Waals surface area contributed by atoms with Crippen LogP contribution in [0.25, 0.3) is 0 Å². The fourth-order valence-electron chi connectivity index (χ4n) is 2.65. The molecule has 0 N–H and O–H groups in total. The van der Waals surface area contributed by atoms with E-state index in [4.69, 9.17) is 0 Å². The third-order valence-electron chi connectivity index (χ3n) is 4.19. The number of rotatable bonds is 10. The van der Waals surface area contributed by atoms with Gasteiger partial charge >= 0.3 is 0 Å². The van der Waals surface area contributed by atoms with Crippen molar-refractivity contribution in [2.45, 2.75) is 112 Å². The van der Waals surface area contributed by atoms with Crippen LogP contribution in [-0.2, 0) is 4.79 Å². The third-order valence-corrected chi connectivity index (χ3v) is 4.19. The first kappa shape index (κ1) is 21.5. The first-order valence-corrected chi connectivity index (χ1v) is 9.38. The molecule has 0 aromatic carbocycles. The van der Waals surface area contributed by atoms with Crippen molar-refractivity contribution < 1.29 is 4.79 Å². The van der Waals surface area contributed by atoms with Crippen LogP contribution in [-0.4, -0.2) is 22.9 Å². The number of hydrogen-bond acceptors (Lipinski definition) is 1. The molecule has 0 rings (SSSR count). The Kier molecular flexibility index (Phi) is 10.0. The summed E-state index contributed by atoms with van der Waals surface area (Å²) in [5, 5.41) is 0. The Bertz CT molecular complexity index is 296. The van der Waals surface area contributed by atoms with Crippen LogP contribution in [0, 0.1) is 5.41 Å². The summed E-state index contributed by atoms with van der Waals surface area (Å²) in [7, 11) is 0. The van der Waals surface area contributed by atoms with E-state index < -0.39 is 0 Å². The predicted octanol–water partition coefficient (Wildman–Crippen LogP) is 6.19. The van der Waals surface area contributed by atoms with Gasteiger partial charge in [0.1, 0.15) is 0 Å². The van der Waals surface area contributed by atoms with Gasteiger partial charge in [-0.2, -0.15) is 0 Å². The molecular formula is C20H41NO. The smallest absolute Gasteiger partial charge is 0.222 e. The van der Waals surface area contributed by atoms with Gasteiger partial charge < -0.3 is 4.90 Å². The van der Waals surface area contributed by atoms with E-state index in [9.17, 15) is 4.79 Å². The molecular weight excluding hydrogens is 270 g/mol. The van der Waals surface area contributed by atoms with Crippen LogP contribution in [0.1, 0.15) is 106 Å². The molecule has 0 saturated heterocycles. The largest absolute Gasteiger partial charge is 0.338 e. The average molecular weight is 312 g/mol. The van der Waals surface area contributed by atoms with Crippen molar-refractivity contribution in [2.24, 2.45) is 5.41 Å². The number of carbonyl (C=O) groups is 1. The third kappa shape index (κ3) is 11.1. The maximum atomic E-state index is 12.6. The summed E-state index contributed by atoms with van der Waals surface area (Å²) < 4.78 is 0. The minimum absolute atomic E-state index is 0.0660. The van der Waals surface area contributed by atoms with Crippen molar-refractivity contribution in [3.8, 4) is 0 Å². The fourth-order valence-corrected chi connectivity index (χ4v) is 2.65. The average Bonchev–Trinajstić information content (AvgIpc) is 2.34. The summed E-state index contributed by atoms with van der Waals surface area (Å²) in [5.74, 6) is 0.338. The van der Waals surface area contributed by atoms with Gasteiger partial charge in [-0.25, -0.2) is 0 Å². The molecule has 0 saturated carbocycles. The van der Waals surface area contributed by atoms with E-state index in [0.29, 0.717) is 5.91 Å². The molecule has 22 heavy (non-hydrogen) atoms. The summed E-state index contributed by atoms with van der Waals surface area (Å²) in [6, 6.07) is 0. The van der Waals surface area contributed by atoms with Gasteiger partial charge in [-0.05, 0) is 39.0 Å². The molecule has 0 aliphatic carbocycles. The lowest BCUT2D eigenvalue weighted by molar-refractivity contribution is -0.136. The van der Waals surface area contributed by atoms with E-state index in [1.54, 1.807) is 0 Å². The van der Waals surface area contributed by atoms with E-state index >= 15 is 0 Å². The summed E-state index contributed by atoms with van der Waals surface area (Å²) in [6.45, 7) is 16.3. The number of hydrogen-bond donors (Lipinski definition) is 0. The maximum Gasteiger partial charge on any atom is 0.222 e. The molecule has 2 nitrogen and oxygen atoms in total. The first-order chi connectivity index (χ1) is 10.1. The van der Waals surface area contributed by atoms with E-state index in [-0.39, 0.29) is 11.0 Å². The van der Waals surface area contributed by atoms with Crippen molar-refractivity contribution in [3.63, 3.8) is 0 Å². The summed E-state index contributed by atoms with van der Waals surface area (Å²) in [5.41, 5.74) is 0.215. The topological polar surface area (TPSA) is 20.3 Å². The Morgan fingerprint density at radius 1 is 0.818 bits per heavy atom. The van der Waals surface area contributed by atoms with Crippen LogP contribution in [0.15, 0.2) is 0 Å². The molecule has 0 aliphatic rings. The van der Waals surface area contributed by atoms with E-state index in [1.807, 2.05) is 0 Å². The van der Waals surface area contributed by atoms with Gasteiger partial charge in [0.15, 0.2) is 0 Å². The van der Waals surface area contributed by atoms with Gasteiger partial charge in [-0.3, -0.25) is 4.79 Å². The zero-order valence-electron chi connectivity index (χ0n) is 16.4. The van der Waals surface area contributed by atoms with E-state index in [0.717, 1.165) is 25.8 Å². The molecule has 0 bridgehead atoms. The SMILES string of the molecule is CCCCCCCCCC(=O)N(CCC(C)(C)C)C(C)(C)C. The molecule has 0 aromatic heterocycles. The van der Waals surface area contributed by atoms with Crippen LogP contribution in [0.3, 0.4) is 0 Å². The van der Waals surface area contributed by atoms with Crippen molar-refractivity contribution in [3.05, 3.63) is 0 Å². The minimum Gasteiger partial charge on any atom is -0.338 e. The molecule has 1 amide bonds. The number of nitrogens with zero attached hydrogens (tertiary/aromatic N) is 1. The molecule has 0 aliphatic heterocycles. The molecule has 0 aromatic rings. The Morgan fingerprint density at radius 3 is 1.77 bits per heavy atom. The zero-order chi connectivity index (χ0) is 17.2. The van der Waals surface area contributed by atoms with Crippen molar-refractivity contribution >= 4 is 5.91 Å². The summed E-state index contributed by atoms with van der Waals surface area (Å²) >= 11 is 0. The van der Waals surface area contributed by atoms with Crippen LogP contribution >= 0.6 is 0 Å². The number of carbonyl (C=O) groups excluding carboxylic acids is 1. The molecule has 0 spiro atoms. The second kappa shape index (κ2) is 10.3. The normalized spacial score (nSPS) is 12.5. The Morgan fingerprint density at radius 2 is 1.32 bits per heavy atom. The molecule has 0 radical (unpaired) electrons. The van der Waals surface area contributed by atoms with Crippen LogP contribution < -0.4 is 0 Å². The highest BCUT2D eigenvalue weighted by Crippen LogP contribution is 2.23. The Labute approximate surface area is 140 Å². The second-order valence-electron chi connectivity index (χ2n) is 8.90. The lowest BCUT2D eigenvalue weighted by atomic mass is 9.91. The molecule has 0 atom stereocenters. The van der Waals surface area contributed by atoms with Crippen molar-refractivity contribution in [2.75, 3.05) is 6.54 Å². The highest BCUT2D eigenvalue weighted by Gasteiger charge is 2.27.